The van der Waals surface area contributed by atoms with E-state index in [0.29, 0.717) is 17.0 Å². The standard InChI is InChI=1S/C25H23NO5/c1-30-23-10-6-5-9-21(23)26-24(28)15-16-25(29)31-17-22(27)20-13-11-19(12-14-20)18-7-3-2-4-8-18/h2-14H,15-17H2,1H3,(H,26,28). The third-order valence-corrected chi connectivity index (χ3v) is 4.62. The van der Waals surface area contributed by atoms with Crippen LogP contribution in [0.2, 0.25) is 0 Å². The summed E-state index contributed by atoms with van der Waals surface area (Å²) in [7, 11) is 1.51. The van der Waals surface area contributed by atoms with Crippen molar-refractivity contribution in [2.45, 2.75) is 12.8 Å². The third kappa shape index (κ3) is 6.27. The van der Waals surface area contributed by atoms with Crippen LogP contribution in [0.4, 0.5) is 5.69 Å². The maximum Gasteiger partial charge on any atom is 0.306 e. The van der Waals surface area contributed by atoms with Gasteiger partial charge in [0.25, 0.3) is 0 Å². The lowest BCUT2D eigenvalue weighted by atomic mass is 10.0. The molecule has 31 heavy (non-hydrogen) atoms. The number of hydrogen-bond acceptors (Lipinski definition) is 5. The van der Waals surface area contributed by atoms with Crippen molar-refractivity contribution in [3.63, 3.8) is 0 Å². The first kappa shape index (κ1) is 21.8. The van der Waals surface area contributed by atoms with Crippen LogP contribution >= 0.6 is 0 Å². The quantitative estimate of drug-likeness (QED) is 0.409. The number of nitrogens with one attached hydrogen (secondary N) is 1. The van der Waals surface area contributed by atoms with Crippen molar-refractivity contribution in [2.24, 2.45) is 0 Å². The number of anilines is 1. The van der Waals surface area contributed by atoms with Crippen LogP contribution in [0.5, 0.6) is 5.75 Å². The molecule has 0 aliphatic rings. The van der Waals surface area contributed by atoms with E-state index in [1.165, 1.54) is 7.11 Å². The lowest BCUT2D eigenvalue weighted by molar-refractivity contribution is -0.143. The number of hydrogen-bond donors (Lipinski definition) is 1. The number of esters is 1. The van der Waals surface area contributed by atoms with Crippen LogP contribution in [0.3, 0.4) is 0 Å². The number of amides is 1. The van der Waals surface area contributed by atoms with Gasteiger partial charge in [0.2, 0.25) is 5.91 Å². The first-order valence-corrected chi connectivity index (χ1v) is 9.84. The monoisotopic (exact) mass is 417 g/mol. The molecule has 0 unspecified atom stereocenters. The summed E-state index contributed by atoms with van der Waals surface area (Å²) in [4.78, 5) is 36.2. The molecule has 0 aromatic heterocycles. The molecule has 6 heteroatoms. The molecule has 0 saturated carbocycles. The number of ketones is 1. The van der Waals surface area contributed by atoms with Gasteiger partial charge < -0.3 is 14.8 Å². The van der Waals surface area contributed by atoms with Gasteiger partial charge in [-0.1, -0.05) is 66.7 Å². The molecule has 0 heterocycles. The Morgan fingerprint density at radius 3 is 2.13 bits per heavy atom. The third-order valence-electron chi connectivity index (χ3n) is 4.62. The van der Waals surface area contributed by atoms with Gasteiger partial charge in [-0.05, 0) is 23.3 Å². The Hall–Kier alpha value is -3.93. The molecule has 3 aromatic carbocycles. The topological polar surface area (TPSA) is 81.7 Å². The Bertz CT molecular complexity index is 1050. The minimum atomic E-state index is -0.607. The van der Waals surface area contributed by atoms with E-state index in [-0.39, 0.29) is 31.1 Å². The highest BCUT2D eigenvalue weighted by atomic mass is 16.5. The highest BCUT2D eigenvalue weighted by molar-refractivity contribution is 5.98. The number of benzene rings is 3. The molecule has 0 spiro atoms. The van der Waals surface area contributed by atoms with Crippen molar-refractivity contribution in [3.05, 3.63) is 84.4 Å². The van der Waals surface area contributed by atoms with Gasteiger partial charge in [-0.15, -0.1) is 0 Å². The Morgan fingerprint density at radius 1 is 0.774 bits per heavy atom. The Kier molecular flexibility index (Phi) is 7.54. The van der Waals surface area contributed by atoms with Crippen LogP contribution in [0, 0.1) is 0 Å². The van der Waals surface area contributed by atoms with Crippen molar-refractivity contribution in [1.29, 1.82) is 0 Å². The second kappa shape index (κ2) is 10.7. The highest BCUT2D eigenvalue weighted by Crippen LogP contribution is 2.23. The molecule has 3 aromatic rings. The summed E-state index contributed by atoms with van der Waals surface area (Å²) < 4.78 is 10.2. The summed E-state index contributed by atoms with van der Waals surface area (Å²) in [6.45, 7) is -0.363. The predicted octanol–water partition coefficient (Wildman–Crippen LogP) is 4.51. The molecular formula is C25H23NO5. The summed E-state index contributed by atoms with van der Waals surface area (Å²) in [5, 5.41) is 2.69. The van der Waals surface area contributed by atoms with Crippen LogP contribution in [0.15, 0.2) is 78.9 Å². The van der Waals surface area contributed by atoms with Crippen molar-refractivity contribution in [1.82, 2.24) is 0 Å². The highest BCUT2D eigenvalue weighted by Gasteiger charge is 2.13. The van der Waals surface area contributed by atoms with Crippen LogP contribution in [-0.4, -0.2) is 31.4 Å². The minimum absolute atomic E-state index is 0.0587. The average Bonchev–Trinajstić information content (AvgIpc) is 2.82. The molecule has 0 aliphatic heterocycles. The normalized spacial score (nSPS) is 10.2. The van der Waals surface area contributed by atoms with Gasteiger partial charge in [-0.3, -0.25) is 14.4 Å². The van der Waals surface area contributed by atoms with Crippen molar-refractivity contribution in [2.75, 3.05) is 19.0 Å². The zero-order valence-electron chi connectivity index (χ0n) is 17.2. The molecule has 1 amide bonds. The molecule has 1 N–H and O–H groups in total. The van der Waals surface area contributed by atoms with E-state index >= 15 is 0 Å². The van der Waals surface area contributed by atoms with Crippen LogP contribution in [-0.2, 0) is 14.3 Å². The van der Waals surface area contributed by atoms with E-state index in [4.69, 9.17) is 9.47 Å². The number of carbonyl (C=O) groups excluding carboxylic acids is 3. The Balaban J connectivity index is 1.44. The van der Waals surface area contributed by atoms with Crippen molar-refractivity contribution in [3.8, 4) is 16.9 Å². The van der Waals surface area contributed by atoms with Gasteiger partial charge in [-0.25, -0.2) is 0 Å². The number of ether oxygens (including phenoxy) is 2. The fourth-order valence-electron chi connectivity index (χ4n) is 2.96. The Labute approximate surface area is 180 Å². The van der Waals surface area contributed by atoms with Crippen LogP contribution in [0.1, 0.15) is 23.2 Å². The lowest BCUT2D eigenvalue weighted by Gasteiger charge is -2.09. The molecule has 0 bridgehead atoms. The number of methoxy groups -OCH3 is 1. The first-order valence-electron chi connectivity index (χ1n) is 9.84. The number of carbonyl (C=O) groups is 3. The second-order valence-corrected chi connectivity index (χ2v) is 6.78. The van der Waals surface area contributed by atoms with Crippen molar-refractivity contribution >= 4 is 23.3 Å². The minimum Gasteiger partial charge on any atom is -0.495 e. The molecule has 0 fully saturated rings. The molecule has 6 nitrogen and oxygen atoms in total. The van der Waals surface area contributed by atoms with E-state index in [2.05, 4.69) is 5.32 Å². The van der Waals surface area contributed by atoms with Gasteiger partial charge in [0.1, 0.15) is 5.75 Å². The van der Waals surface area contributed by atoms with E-state index in [0.717, 1.165) is 11.1 Å². The molecular weight excluding hydrogens is 394 g/mol. The second-order valence-electron chi connectivity index (χ2n) is 6.78. The Morgan fingerprint density at radius 2 is 1.42 bits per heavy atom. The first-order chi connectivity index (χ1) is 15.1. The zero-order valence-corrected chi connectivity index (χ0v) is 17.2. The molecule has 0 aliphatic carbocycles. The van der Waals surface area contributed by atoms with E-state index in [1.807, 2.05) is 42.5 Å². The van der Waals surface area contributed by atoms with Crippen molar-refractivity contribution < 1.29 is 23.9 Å². The largest absolute Gasteiger partial charge is 0.495 e. The molecule has 0 radical (unpaired) electrons. The molecule has 0 atom stereocenters. The van der Waals surface area contributed by atoms with E-state index in [1.54, 1.807) is 36.4 Å². The lowest BCUT2D eigenvalue weighted by Crippen LogP contribution is -2.17. The average molecular weight is 417 g/mol. The van der Waals surface area contributed by atoms with Gasteiger partial charge in [0.05, 0.1) is 19.2 Å². The predicted molar refractivity (Wildman–Crippen MR) is 118 cm³/mol. The van der Waals surface area contributed by atoms with Gasteiger partial charge in [-0.2, -0.15) is 0 Å². The molecule has 0 saturated heterocycles. The maximum absolute atomic E-state index is 12.3. The smallest absolute Gasteiger partial charge is 0.306 e. The summed E-state index contributed by atoms with van der Waals surface area (Å²) >= 11 is 0. The fourth-order valence-corrected chi connectivity index (χ4v) is 2.96. The maximum atomic E-state index is 12.3. The summed E-state index contributed by atoms with van der Waals surface area (Å²) in [5.74, 6) is -0.720. The summed E-state index contributed by atoms with van der Waals surface area (Å²) in [6.07, 6.45) is -0.182. The summed E-state index contributed by atoms with van der Waals surface area (Å²) in [6, 6.07) is 23.9. The van der Waals surface area contributed by atoms with Gasteiger partial charge in [0, 0.05) is 12.0 Å². The van der Waals surface area contributed by atoms with E-state index < -0.39 is 5.97 Å². The number of rotatable bonds is 9. The summed E-state index contributed by atoms with van der Waals surface area (Å²) in [5.41, 5.74) is 3.04. The van der Waals surface area contributed by atoms with Crippen LogP contribution in [0.25, 0.3) is 11.1 Å². The SMILES string of the molecule is COc1ccccc1NC(=O)CCC(=O)OCC(=O)c1ccc(-c2ccccc2)cc1. The fraction of sp³-hybridized carbons (Fsp3) is 0.160. The number of para-hydroxylation sites is 2. The zero-order chi connectivity index (χ0) is 22.1. The van der Waals surface area contributed by atoms with Crippen LogP contribution < -0.4 is 10.1 Å². The molecule has 158 valence electrons. The molecule has 3 rings (SSSR count). The number of Topliss-reactive ketones (excluding diaryl/α,β-unsaturated/α-hetero) is 1. The van der Waals surface area contributed by atoms with E-state index in [9.17, 15) is 14.4 Å². The van der Waals surface area contributed by atoms with Gasteiger partial charge in [0.15, 0.2) is 12.4 Å². The van der Waals surface area contributed by atoms with Gasteiger partial charge >= 0.3 is 5.97 Å².